The van der Waals surface area contributed by atoms with E-state index in [0.717, 1.165) is 22.4 Å². The van der Waals surface area contributed by atoms with Crippen molar-refractivity contribution in [1.29, 1.82) is 0 Å². The SMILES string of the molecule is CN1/C(=C2\C=NN(C)P2(=O)Nc2ccccc2)C(C)(C)c2ccccc21. The summed E-state index contributed by atoms with van der Waals surface area (Å²) in [5, 5.41) is 8.38. The van der Waals surface area contributed by atoms with Crippen LogP contribution in [0.1, 0.15) is 19.4 Å². The van der Waals surface area contributed by atoms with Gasteiger partial charge in [-0.2, -0.15) is 5.10 Å². The maximum atomic E-state index is 14.0. The molecule has 1 atom stereocenters. The Bertz CT molecular complexity index is 965. The average Bonchev–Trinajstić information content (AvgIpc) is 3.01. The zero-order valence-electron chi connectivity index (χ0n) is 15.5. The molecule has 5 nitrogen and oxygen atoms in total. The summed E-state index contributed by atoms with van der Waals surface area (Å²) in [5.74, 6) is 0. The van der Waals surface area contributed by atoms with Gasteiger partial charge in [0.25, 0.3) is 0 Å². The summed E-state index contributed by atoms with van der Waals surface area (Å²) in [7, 11) is 0.707. The number of fused-ring (bicyclic) bond motifs is 1. The summed E-state index contributed by atoms with van der Waals surface area (Å²) in [5.41, 5.74) is 3.97. The van der Waals surface area contributed by atoms with Crippen molar-refractivity contribution in [1.82, 2.24) is 4.78 Å². The molecule has 0 saturated heterocycles. The highest BCUT2D eigenvalue weighted by Gasteiger charge is 2.47. The highest BCUT2D eigenvalue weighted by atomic mass is 31.2. The number of para-hydroxylation sites is 2. The summed E-state index contributed by atoms with van der Waals surface area (Å²) >= 11 is 0. The minimum absolute atomic E-state index is 0.258. The molecular formula is C20H23N4OP. The summed E-state index contributed by atoms with van der Waals surface area (Å²) in [6.45, 7) is 4.35. The zero-order chi connectivity index (χ0) is 18.5. The molecule has 1 unspecified atom stereocenters. The Balaban J connectivity index is 1.88. The minimum atomic E-state index is -3.09. The van der Waals surface area contributed by atoms with Gasteiger partial charge >= 0.3 is 7.44 Å². The summed E-state index contributed by atoms with van der Waals surface area (Å²) in [4.78, 5) is 2.15. The number of allylic oxidation sites excluding steroid dienone is 2. The molecule has 0 aliphatic carbocycles. The van der Waals surface area contributed by atoms with Gasteiger partial charge in [-0.05, 0) is 23.8 Å². The molecule has 2 aromatic rings. The molecule has 26 heavy (non-hydrogen) atoms. The molecular weight excluding hydrogens is 343 g/mol. The average molecular weight is 366 g/mol. The van der Waals surface area contributed by atoms with E-state index in [1.807, 2.05) is 43.4 Å². The van der Waals surface area contributed by atoms with Gasteiger partial charge in [0.05, 0.1) is 11.5 Å². The normalized spacial score (nSPS) is 26.3. The summed E-state index contributed by atoms with van der Waals surface area (Å²) < 4.78 is 15.6. The standard InChI is InChI=1S/C20H23N4OP/c1-20(2)16-12-8-9-13-17(16)23(3)19(20)18-14-21-24(4)26(18,25)22-15-10-6-5-7-11-15/h5-14H,1-4H3,(H,22,25)/b19-18+. The minimum Gasteiger partial charge on any atom is -0.346 e. The fourth-order valence-electron chi connectivity index (χ4n) is 3.92. The second-order valence-electron chi connectivity index (χ2n) is 7.22. The van der Waals surface area contributed by atoms with E-state index in [2.05, 4.69) is 47.1 Å². The molecule has 0 aromatic heterocycles. The Kier molecular flexibility index (Phi) is 3.74. The lowest BCUT2D eigenvalue weighted by atomic mass is 9.84. The van der Waals surface area contributed by atoms with Gasteiger partial charge in [0.2, 0.25) is 0 Å². The maximum absolute atomic E-state index is 14.0. The van der Waals surface area contributed by atoms with E-state index in [1.165, 1.54) is 5.56 Å². The molecule has 6 heteroatoms. The first-order valence-corrected chi connectivity index (χ1v) is 10.3. The number of anilines is 2. The van der Waals surface area contributed by atoms with Crippen molar-refractivity contribution < 1.29 is 4.57 Å². The van der Waals surface area contributed by atoms with Crippen LogP contribution >= 0.6 is 7.44 Å². The lowest BCUT2D eigenvalue weighted by Gasteiger charge is -2.30. The molecule has 0 radical (unpaired) electrons. The predicted molar refractivity (Wildman–Crippen MR) is 109 cm³/mol. The number of likely N-dealkylation sites (N-methyl/N-ethyl adjacent to an activating group) is 1. The Hall–Kier alpha value is -2.52. The molecule has 0 bridgehead atoms. The van der Waals surface area contributed by atoms with Crippen molar-refractivity contribution in [2.75, 3.05) is 24.1 Å². The Morgan fingerprint density at radius 1 is 1.00 bits per heavy atom. The van der Waals surface area contributed by atoms with Crippen LogP contribution in [0.25, 0.3) is 0 Å². The maximum Gasteiger partial charge on any atom is 0.308 e. The van der Waals surface area contributed by atoms with E-state index in [4.69, 9.17) is 0 Å². The van der Waals surface area contributed by atoms with Crippen molar-refractivity contribution in [2.24, 2.45) is 5.10 Å². The van der Waals surface area contributed by atoms with E-state index < -0.39 is 7.44 Å². The predicted octanol–water partition coefficient (Wildman–Crippen LogP) is 4.86. The number of nitrogens with zero attached hydrogens (tertiary/aromatic N) is 3. The molecule has 0 saturated carbocycles. The Labute approximate surface area is 154 Å². The van der Waals surface area contributed by atoms with E-state index in [1.54, 1.807) is 18.0 Å². The van der Waals surface area contributed by atoms with Crippen molar-refractivity contribution in [3.63, 3.8) is 0 Å². The number of benzene rings is 2. The Morgan fingerprint density at radius 2 is 1.65 bits per heavy atom. The van der Waals surface area contributed by atoms with Crippen LogP contribution in [0, 0.1) is 0 Å². The lowest BCUT2D eigenvalue weighted by Crippen LogP contribution is -2.26. The second-order valence-corrected chi connectivity index (χ2v) is 9.66. The molecule has 134 valence electrons. The van der Waals surface area contributed by atoms with Crippen LogP contribution in [-0.2, 0) is 9.98 Å². The van der Waals surface area contributed by atoms with Crippen molar-refractivity contribution in [3.05, 3.63) is 71.2 Å². The summed E-state index contributed by atoms with van der Waals surface area (Å²) in [6.07, 6.45) is 1.75. The van der Waals surface area contributed by atoms with Crippen molar-refractivity contribution >= 4 is 25.0 Å². The van der Waals surface area contributed by atoms with Gasteiger partial charge in [-0.3, -0.25) is 4.57 Å². The second kappa shape index (κ2) is 5.75. The first-order chi connectivity index (χ1) is 12.4. The highest BCUT2D eigenvalue weighted by molar-refractivity contribution is 7.68. The molecule has 2 aliphatic rings. The number of hydrazone groups is 1. The lowest BCUT2D eigenvalue weighted by molar-refractivity contribution is 0.505. The molecule has 1 N–H and O–H groups in total. The fraction of sp³-hybridized carbons (Fsp3) is 0.250. The molecule has 2 aliphatic heterocycles. The number of nitrogens with one attached hydrogen (secondary N) is 1. The topological polar surface area (TPSA) is 47.9 Å². The zero-order valence-corrected chi connectivity index (χ0v) is 16.4. The van der Waals surface area contributed by atoms with Crippen LogP contribution in [0.4, 0.5) is 11.4 Å². The van der Waals surface area contributed by atoms with Gasteiger partial charge < -0.3 is 9.99 Å². The van der Waals surface area contributed by atoms with E-state index in [9.17, 15) is 4.57 Å². The fourth-order valence-corrected chi connectivity index (χ4v) is 6.12. The number of hydrogen-bond acceptors (Lipinski definition) is 3. The van der Waals surface area contributed by atoms with Crippen molar-refractivity contribution in [3.8, 4) is 0 Å². The Morgan fingerprint density at radius 3 is 2.35 bits per heavy atom. The van der Waals surface area contributed by atoms with Gasteiger partial charge in [0, 0.05) is 36.6 Å². The molecule has 0 fully saturated rings. The quantitative estimate of drug-likeness (QED) is 0.771. The van der Waals surface area contributed by atoms with E-state index in [0.29, 0.717) is 0 Å². The third-order valence-electron chi connectivity index (χ3n) is 5.24. The largest absolute Gasteiger partial charge is 0.346 e. The third-order valence-corrected chi connectivity index (χ3v) is 7.70. The van der Waals surface area contributed by atoms with Crippen LogP contribution < -0.4 is 9.99 Å². The molecule has 0 spiro atoms. The number of rotatable bonds is 2. The van der Waals surface area contributed by atoms with E-state index >= 15 is 0 Å². The van der Waals surface area contributed by atoms with Crippen LogP contribution in [0.5, 0.6) is 0 Å². The highest BCUT2D eigenvalue weighted by Crippen LogP contribution is 2.63. The van der Waals surface area contributed by atoms with Gasteiger partial charge in [0.15, 0.2) is 0 Å². The van der Waals surface area contributed by atoms with Gasteiger partial charge in [-0.1, -0.05) is 50.2 Å². The van der Waals surface area contributed by atoms with Crippen LogP contribution in [0.3, 0.4) is 0 Å². The molecule has 2 heterocycles. The smallest absolute Gasteiger partial charge is 0.308 e. The van der Waals surface area contributed by atoms with Crippen LogP contribution in [-0.4, -0.2) is 25.1 Å². The van der Waals surface area contributed by atoms with Gasteiger partial charge in [-0.15, -0.1) is 0 Å². The first-order valence-electron chi connectivity index (χ1n) is 8.66. The monoisotopic (exact) mass is 366 g/mol. The summed E-state index contributed by atoms with van der Waals surface area (Å²) in [6, 6.07) is 18.0. The third kappa shape index (κ3) is 2.31. The van der Waals surface area contributed by atoms with E-state index in [-0.39, 0.29) is 5.41 Å². The molecule has 2 aromatic carbocycles. The molecule has 4 rings (SSSR count). The van der Waals surface area contributed by atoms with Gasteiger partial charge in [0.1, 0.15) is 0 Å². The number of hydrogen-bond donors (Lipinski definition) is 1. The van der Waals surface area contributed by atoms with Crippen molar-refractivity contribution in [2.45, 2.75) is 19.3 Å². The molecule has 0 amide bonds. The van der Waals surface area contributed by atoms with Gasteiger partial charge in [-0.25, -0.2) is 4.78 Å². The van der Waals surface area contributed by atoms with Crippen LogP contribution in [0.15, 0.2) is 70.7 Å². The first kappa shape index (κ1) is 16.9. The van der Waals surface area contributed by atoms with Crippen LogP contribution in [0.2, 0.25) is 0 Å².